The van der Waals surface area contributed by atoms with Gasteiger partial charge in [-0.15, -0.1) is 0 Å². The van der Waals surface area contributed by atoms with E-state index in [9.17, 15) is 8.42 Å². The smallest absolute Gasteiger partial charge is 0.200 e. The van der Waals surface area contributed by atoms with Crippen LogP contribution in [0.5, 0.6) is 0 Å². The molecule has 7 heteroatoms. The van der Waals surface area contributed by atoms with Gasteiger partial charge in [-0.3, -0.25) is 5.10 Å². The third-order valence-electron chi connectivity index (χ3n) is 1.84. The Morgan fingerprint density at radius 2 is 2.43 bits per heavy atom. The molecule has 1 aromatic heterocycles. The van der Waals surface area contributed by atoms with Gasteiger partial charge in [0.1, 0.15) is 6.61 Å². The van der Waals surface area contributed by atoms with Gasteiger partial charge < -0.3 is 4.84 Å². The summed E-state index contributed by atoms with van der Waals surface area (Å²) in [6.45, 7) is 0.345. The topological polar surface area (TPSA) is 84.4 Å². The molecule has 0 fully saturated rings. The van der Waals surface area contributed by atoms with Gasteiger partial charge in [-0.05, 0) is 6.07 Å². The van der Waals surface area contributed by atoms with Crippen LogP contribution in [0.3, 0.4) is 0 Å². The first-order chi connectivity index (χ1) is 6.68. The highest BCUT2D eigenvalue weighted by atomic mass is 32.2. The summed E-state index contributed by atoms with van der Waals surface area (Å²) in [4.78, 5) is 4.65. The van der Waals surface area contributed by atoms with Crippen molar-refractivity contribution >= 4 is 14.9 Å². The molecule has 2 rings (SSSR count). The summed E-state index contributed by atoms with van der Waals surface area (Å²) in [7, 11) is -3.33. The van der Waals surface area contributed by atoms with Crippen molar-refractivity contribution in [2.75, 3.05) is 6.61 Å². The number of nitrogens with zero attached hydrogens (tertiary/aromatic N) is 2. The second kappa shape index (κ2) is 3.41. The van der Waals surface area contributed by atoms with E-state index in [1.165, 1.54) is 6.20 Å². The lowest BCUT2D eigenvalue weighted by atomic mass is 10.5. The van der Waals surface area contributed by atoms with Crippen molar-refractivity contribution in [2.24, 2.45) is 5.16 Å². The molecule has 76 valence electrons. The van der Waals surface area contributed by atoms with Crippen LogP contribution in [0, 0.1) is 0 Å². The van der Waals surface area contributed by atoms with Gasteiger partial charge in [0.05, 0.1) is 11.4 Å². The molecule has 1 aliphatic heterocycles. The van der Waals surface area contributed by atoms with Crippen LogP contribution in [-0.2, 0) is 20.4 Å². The molecule has 0 saturated carbocycles. The zero-order valence-electron chi connectivity index (χ0n) is 7.30. The van der Waals surface area contributed by atoms with Gasteiger partial charge >= 0.3 is 0 Å². The fourth-order valence-corrected chi connectivity index (χ4v) is 2.46. The molecule has 1 aliphatic rings. The van der Waals surface area contributed by atoms with Crippen LogP contribution in [0.4, 0.5) is 0 Å². The lowest BCUT2D eigenvalue weighted by molar-refractivity contribution is 0.174. The van der Waals surface area contributed by atoms with Gasteiger partial charge in [-0.1, -0.05) is 5.16 Å². The lowest BCUT2D eigenvalue weighted by Crippen LogP contribution is -2.15. The SMILES string of the molecule is O=S(=O)(Cc1ccn[nH]1)C1=NOCC1. The molecule has 0 spiro atoms. The highest BCUT2D eigenvalue weighted by Gasteiger charge is 2.24. The number of hydrogen-bond donors (Lipinski definition) is 1. The Bertz CT molecular complexity index is 435. The minimum atomic E-state index is -3.33. The van der Waals surface area contributed by atoms with Crippen LogP contribution in [0.15, 0.2) is 17.4 Å². The minimum absolute atomic E-state index is 0.102. The molecule has 0 atom stereocenters. The Morgan fingerprint density at radius 1 is 1.57 bits per heavy atom. The molecule has 0 saturated heterocycles. The molecule has 1 aromatic rings. The molecule has 14 heavy (non-hydrogen) atoms. The van der Waals surface area contributed by atoms with E-state index in [0.717, 1.165) is 0 Å². The highest BCUT2D eigenvalue weighted by molar-refractivity contribution is 8.05. The van der Waals surface area contributed by atoms with E-state index in [0.29, 0.717) is 18.7 Å². The van der Waals surface area contributed by atoms with Crippen LogP contribution < -0.4 is 0 Å². The summed E-state index contributed by atoms with van der Waals surface area (Å²) < 4.78 is 23.3. The zero-order valence-corrected chi connectivity index (χ0v) is 8.12. The van der Waals surface area contributed by atoms with Crippen molar-refractivity contribution in [1.29, 1.82) is 0 Å². The summed E-state index contributed by atoms with van der Waals surface area (Å²) in [5.41, 5.74) is 0.555. The van der Waals surface area contributed by atoms with Gasteiger partial charge in [0, 0.05) is 12.6 Å². The number of aromatic amines is 1. The number of H-pyrrole nitrogens is 1. The predicted octanol–water partition coefficient (Wildman–Crippen LogP) is 0.0583. The average molecular weight is 215 g/mol. The Hall–Kier alpha value is -1.37. The Morgan fingerprint density at radius 3 is 3.00 bits per heavy atom. The monoisotopic (exact) mass is 215 g/mol. The number of sulfone groups is 1. The summed E-state index contributed by atoms with van der Waals surface area (Å²) >= 11 is 0. The molecule has 0 radical (unpaired) electrons. The highest BCUT2D eigenvalue weighted by Crippen LogP contribution is 2.11. The number of hydrogen-bond acceptors (Lipinski definition) is 5. The minimum Gasteiger partial charge on any atom is -0.395 e. The quantitative estimate of drug-likeness (QED) is 0.755. The zero-order chi connectivity index (χ0) is 10.0. The molecule has 0 amide bonds. The summed E-state index contributed by atoms with van der Waals surface area (Å²) in [6, 6.07) is 1.62. The van der Waals surface area contributed by atoms with Crippen LogP contribution >= 0.6 is 0 Å². The van der Waals surface area contributed by atoms with E-state index in [2.05, 4.69) is 20.2 Å². The molecule has 6 nitrogen and oxygen atoms in total. The van der Waals surface area contributed by atoms with Crippen LogP contribution in [0.1, 0.15) is 12.1 Å². The van der Waals surface area contributed by atoms with E-state index in [1.807, 2.05) is 0 Å². The third kappa shape index (κ3) is 1.77. The van der Waals surface area contributed by atoms with E-state index in [4.69, 9.17) is 0 Å². The van der Waals surface area contributed by atoms with Crippen molar-refractivity contribution in [3.05, 3.63) is 18.0 Å². The van der Waals surface area contributed by atoms with Gasteiger partial charge in [-0.2, -0.15) is 5.10 Å². The Labute approximate surface area is 80.9 Å². The van der Waals surface area contributed by atoms with Crippen LogP contribution in [0.2, 0.25) is 0 Å². The Kier molecular flexibility index (Phi) is 2.24. The molecular weight excluding hydrogens is 206 g/mol. The van der Waals surface area contributed by atoms with Gasteiger partial charge in [0.25, 0.3) is 0 Å². The van der Waals surface area contributed by atoms with Crippen molar-refractivity contribution in [1.82, 2.24) is 10.2 Å². The van der Waals surface area contributed by atoms with Gasteiger partial charge in [0.15, 0.2) is 5.04 Å². The Balaban J connectivity index is 2.17. The van der Waals surface area contributed by atoms with E-state index >= 15 is 0 Å². The van der Waals surface area contributed by atoms with Gasteiger partial charge in [0.2, 0.25) is 9.84 Å². The fourth-order valence-electron chi connectivity index (χ4n) is 1.16. The van der Waals surface area contributed by atoms with Crippen LogP contribution in [0.25, 0.3) is 0 Å². The number of aromatic nitrogens is 2. The third-order valence-corrected chi connectivity index (χ3v) is 3.52. The van der Waals surface area contributed by atoms with Crippen molar-refractivity contribution in [2.45, 2.75) is 12.2 Å². The second-order valence-corrected chi connectivity index (χ2v) is 4.90. The van der Waals surface area contributed by atoms with E-state index in [1.54, 1.807) is 6.07 Å². The maximum atomic E-state index is 11.6. The van der Waals surface area contributed by atoms with Gasteiger partial charge in [-0.25, -0.2) is 8.42 Å². The van der Waals surface area contributed by atoms with E-state index < -0.39 is 9.84 Å². The standard InChI is InChI=1S/C7H9N3O3S/c11-14(12,7-2-4-13-10-7)5-6-1-3-8-9-6/h1,3H,2,4-5H2,(H,8,9). The normalized spacial score (nSPS) is 16.4. The molecule has 0 aliphatic carbocycles. The van der Waals surface area contributed by atoms with Crippen molar-refractivity contribution in [3.63, 3.8) is 0 Å². The molecular formula is C7H9N3O3S. The predicted molar refractivity (Wildman–Crippen MR) is 49.2 cm³/mol. The summed E-state index contributed by atoms with van der Waals surface area (Å²) in [5.74, 6) is -0.102. The van der Waals surface area contributed by atoms with Crippen LogP contribution in [-0.4, -0.2) is 30.3 Å². The maximum Gasteiger partial charge on any atom is 0.200 e. The summed E-state index contributed by atoms with van der Waals surface area (Å²) in [5, 5.41) is 9.86. The average Bonchev–Trinajstić information content (AvgIpc) is 2.71. The molecule has 0 unspecified atom stereocenters. The summed E-state index contributed by atoms with van der Waals surface area (Å²) in [6.07, 6.45) is 1.87. The first-order valence-electron chi connectivity index (χ1n) is 4.08. The largest absolute Gasteiger partial charge is 0.395 e. The number of oxime groups is 1. The first kappa shape index (κ1) is 9.20. The van der Waals surface area contributed by atoms with E-state index in [-0.39, 0.29) is 10.8 Å². The number of nitrogens with one attached hydrogen (secondary N) is 1. The van der Waals surface area contributed by atoms with Crippen molar-refractivity contribution < 1.29 is 13.3 Å². The molecule has 0 bridgehead atoms. The number of rotatable bonds is 2. The van der Waals surface area contributed by atoms with Crippen molar-refractivity contribution in [3.8, 4) is 0 Å². The fraction of sp³-hybridized carbons (Fsp3) is 0.429. The molecule has 1 N–H and O–H groups in total. The molecule has 2 heterocycles. The second-order valence-electron chi connectivity index (χ2n) is 2.91. The first-order valence-corrected chi connectivity index (χ1v) is 5.73. The lowest BCUT2D eigenvalue weighted by Gasteiger charge is -1.98. The molecule has 0 aromatic carbocycles. The maximum absolute atomic E-state index is 11.6.